The highest BCUT2D eigenvalue weighted by Gasteiger charge is 2.38. The SMILES string of the molecule is CCOCCCC(=O)NC1CC(C)N(c2ccccc2)C1=O. The zero-order valence-corrected chi connectivity index (χ0v) is 13.2. The van der Waals surface area contributed by atoms with Gasteiger partial charge in [0.05, 0.1) is 0 Å². The van der Waals surface area contributed by atoms with Crippen LogP contribution < -0.4 is 10.2 Å². The van der Waals surface area contributed by atoms with Gasteiger partial charge in [-0.2, -0.15) is 0 Å². The lowest BCUT2D eigenvalue weighted by atomic mass is 10.2. The van der Waals surface area contributed by atoms with Crippen LogP contribution >= 0.6 is 0 Å². The van der Waals surface area contributed by atoms with E-state index in [2.05, 4.69) is 5.32 Å². The van der Waals surface area contributed by atoms with Gasteiger partial charge >= 0.3 is 0 Å². The van der Waals surface area contributed by atoms with E-state index in [1.54, 1.807) is 4.90 Å². The first-order valence-corrected chi connectivity index (χ1v) is 7.88. The maximum atomic E-state index is 12.5. The van der Waals surface area contributed by atoms with Crippen molar-refractivity contribution in [3.8, 4) is 0 Å². The second-order valence-corrected chi connectivity index (χ2v) is 5.55. The summed E-state index contributed by atoms with van der Waals surface area (Å²) in [6, 6.07) is 9.25. The van der Waals surface area contributed by atoms with Crippen LogP contribution in [0, 0.1) is 0 Å². The Bertz CT molecular complexity index is 504. The number of nitrogens with zero attached hydrogens (tertiary/aromatic N) is 1. The monoisotopic (exact) mass is 304 g/mol. The van der Waals surface area contributed by atoms with Gasteiger partial charge in [-0.15, -0.1) is 0 Å². The predicted molar refractivity (Wildman–Crippen MR) is 85.7 cm³/mol. The van der Waals surface area contributed by atoms with Crippen LogP contribution in [-0.4, -0.2) is 37.1 Å². The fourth-order valence-corrected chi connectivity index (χ4v) is 2.77. The molecular formula is C17H24N2O3. The molecular weight excluding hydrogens is 280 g/mol. The van der Waals surface area contributed by atoms with Gasteiger partial charge in [-0.05, 0) is 38.8 Å². The van der Waals surface area contributed by atoms with E-state index in [-0.39, 0.29) is 17.9 Å². The van der Waals surface area contributed by atoms with E-state index in [9.17, 15) is 9.59 Å². The summed E-state index contributed by atoms with van der Waals surface area (Å²) in [5.41, 5.74) is 0.882. The molecule has 5 heteroatoms. The van der Waals surface area contributed by atoms with E-state index >= 15 is 0 Å². The molecule has 0 saturated carbocycles. The van der Waals surface area contributed by atoms with Crippen molar-refractivity contribution in [2.75, 3.05) is 18.1 Å². The van der Waals surface area contributed by atoms with Crippen molar-refractivity contribution in [3.63, 3.8) is 0 Å². The molecule has 5 nitrogen and oxygen atoms in total. The summed E-state index contributed by atoms with van der Waals surface area (Å²) in [4.78, 5) is 26.2. The summed E-state index contributed by atoms with van der Waals surface area (Å²) in [6.45, 7) is 5.17. The summed E-state index contributed by atoms with van der Waals surface area (Å²) < 4.78 is 5.21. The zero-order chi connectivity index (χ0) is 15.9. The van der Waals surface area contributed by atoms with Crippen molar-refractivity contribution < 1.29 is 14.3 Å². The summed E-state index contributed by atoms with van der Waals surface area (Å²) >= 11 is 0. The lowest BCUT2D eigenvalue weighted by molar-refractivity contribution is -0.126. The molecule has 1 saturated heterocycles. The van der Waals surface area contributed by atoms with Crippen LogP contribution in [0.25, 0.3) is 0 Å². The summed E-state index contributed by atoms with van der Waals surface area (Å²) in [7, 11) is 0. The lowest BCUT2D eigenvalue weighted by Crippen LogP contribution is -2.41. The number of carbonyl (C=O) groups is 2. The van der Waals surface area contributed by atoms with Crippen molar-refractivity contribution in [3.05, 3.63) is 30.3 Å². The number of para-hydroxylation sites is 1. The topological polar surface area (TPSA) is 58.6 Å². The molecule has 0 radical (unpaired) electrons. The molecule has 1 heterocycles. The Labute approximate surface area is 131 Å². The largest absolute Gasteiger partial charge is 0.382 e. The third-order valence-electron chi connectivity index (χ3n) is 3.82. The van der Waals surface area contributed by atoms with Gasteiger partial charge in [-0.25, -0.2) is 0 Å². The van der Waals surface area contributed by atoms with Crippen LogP contribution in [-0.2, 0) is 14.3 Å². The van der Waals surface area contributed by atoms with Gasteiger partial charge in [0.15, 0.2) is 0 Å². The number of amides is 2. The minimum Gasteiger partial charge on any atom is -0.382 e. The van der Waals surface area contributed by atoms with Gasteiger partial charge in [0.2, 0.25) is 11.8 Å². The Balaban J connectivity index is 1.89. The van der Waals surface area contributed by atoms with Gasteiger partial charge in [0.1, 0.15) is 6.04 Å². The molecule has 1 N–H and O–H groups in total. The van der Waals surface area contributed by atoms with Crippen LogP contribution in [0.4, 0.5) is 5.69 Å². The summed E-state index contributed by atoms with van der Waals surface area (Å²) in [5, 5.41) is 2.85. The van der Waals surface area contributed by atoms with Gasteiger partial charge in [-0.3, -0.25) is 9.59 Å². The van der Waals surface area contributed by atoms with Crippen LogP contribution in [0.2, 0.25) is 0 Å². The molecule has 1 aromatic carbocycles. The Kier molecular flexibility index (Phi) is 5.95. The predicted octanol–water partition coefficient (Wildman–Crippen LogP) is 2.11. The summed E-state index contributed by atoms with van der Waals surface area (Å²) in [5.74, 6) is -0.114. The molecule has 2 unspecified atom stereocenters. The number of hydrogen-bond acceptors (Lipinski definition) is 3. The van der Waals surface area contributed by atoms with Crippen molar-refractivity contribution >= 4 is 17.5 Å². The average molecular weight is 304 g/mol. The Morgan fingerprint density at radius 1 is 1.36 bits per heavy atom. The maximum absolute atomic E-state index is 12.5. The molecule has 0 aliphatic carbocycles. The maximum Gasteiger partial charge on any atom is 0.249 e. The third kappa shape index (κ3) is 4.07. The highest BCUT2D eigenvalue weighted by molar-refractivity contribution is 6.01. The molecule has 1 aliphatic heterocycles. The molecule has 1 fully saturated rings. The second kappa shape index (κ2) is 7.94. The number of carbonyl (C=O) groups excluding carboxylic acids is 2. The molecule has 1 aromatic rings. The highest BCUT2D eigenvalue weighted by atomic mass is 16.5. The Morgan fingerprint density at radius 3 is 2.77 bits per heavy atom. The highest BCUT2D eigenvalue weighted by Crippen LogP contribution is 2.26. The van der Waals surface area contributed by atoms with Crippen LogP contribution in [0.3, 0.4) is 0 Å². The lowest BCUT2D eigenvalue weighted by Gasteiger charge is -2.21. The normalized spacial score (nSPS) is 21.2. The van der Waals surface area contributed by atoms with Crippen LogP contribution in [0.5, 0.6) is 0 Å². The Hall–Kier alpha value is -1.88. The number of nitrogens with one attached hydrogen (secondary N) is 1. The van der Waals surface area contributed by atoms with E-state index in [0.29, 0.717) is 32.5 Å². The molecule has 0 bridgehead atoms. The van der Waals surface area contributed by atoms with E-state index in [0.717, 1.165) is 5.69 Å². The first kappa shape index (κ1) is 16.5. The number of ether oxygens (including phenoxy) is 1. The van der Waals surface area contributed by atoms with E-state index in [1.807, 2.05) is 44.2 Å². The summed E-state index contributed by atoms with van der Waals surface area (Å²) in [6.07, 6.45) is 1.72. The quantitative estimate of drug-likeness (QED) is 0.785. The minimum atomic E-state index is -0.421. The van der Waals surface area contributed by atoms with E-state index in [1.165, 1.54) is 0 Å². The molecule has 0 aromatic heterocycles. The first-order valence-electron chi connectivity index (χ1n) is 7.88. The molecule has 0 spiro atoms. The van der Waals surface area contributed by atoms with Crippen LogP contribution in [0.15, 0.2) is 30.3 Å². The molecule has 1 aliphatic rings. The van der Waals surface area contributed by atoms with Crippen molar-refractivity contribution in [2.24, 2.45) is 0 Å². The molecule has 2 amide bonds. The van der Waals surface area contributed by atoms with Crippen molar-refractivity contribution in [2.45, 2.75) is 45.2 Å². The van der Waals surface area contributed by atoms with Crippen molar-refractivity contribution in [1.82, 2.24) is 5.32 Å². The fourth-order valence-electron chi connectivity index (χ4n) is 2.77. The smallest absolute Gasteiger partial charge is 0.249 e. The fraction of sp³-hybridized carbons (Fsp3) is 0.529. The van der Waals surface area contributed by atoms with Gasteiger partial charge in [0, 0.05) is 31.4 Å². The van der Waals surface area contributed by atoms with Gasteiger partial charge < -0.3 is 15.0 Å². The third-order valence-corrected chi connectivity index (χ3v) is 3.82. The van der Waals surface area contributed by atoms with Crippen molar-refractivity contribution in [1.29, 1.82) is 0 Å². The number of anilines is 1. The minimum absolute atomic E-state index is 0.0307. The molecule has 2 rings (SSSR count). The van der Waals surface area contributed by atoms with E-state index in [4.69, 9.17) is 4.74 Å². The molecule has 120 valence electrons. The average Bonchev–Trinajstić information content (AvgIpc) is 2.79. The Morgan fingerprint density at radius 2 is 2.09 bits per heavy atom. The standard InChI is InChI=1S/C17H24N2O3/c1-3-22-11-7-10-16(20)18-15-12-13(2)19(17(15)21)14-8-5-4-6-9-14/h4-6,8-9,13,15H,3,7,10-12H2,1-2H3,(H,18,20). The molecule has 22 heavy (non-hydrogen) atoms. The van der Waals surface area contributed by atoms with Gasteiger partial charge in [-0.1, -0.05) is 18.2 Å². The number of rotatable bonds is 7. The van der Waals surface area contributed by atoms with E-state index < -0.39 is 6.04 Å². The number of hydrogen-bond donors (Lipinski definition) is 1. The first-order chi connectivity index (χ1) is 10.6. The van der Waals surface area contributed by atoms with Crippen LogP contribution in [0.1, 0.15) is 33.1 Å². The van der Waals surface area contributed by atoms with Gasteiger partial charge in [0.25, 0.3) is 0 Å². The number of benzene rings is 1. The molecule has 2 atom stereocenters. The zero-order valence-electron chi connectivity index (χ0n) is 13.2. The second-order valence-electron chi connectivity index (χ2n) is 5.55.